The number of halogens is 1. The number of fused-ring (bicyclic) bond motifs is 1. The summed E-state index contributed by atoms with van der Waals surface area (Å²) in [6, 6.07) is 4.61. The van der Waals surface area contributed by atoms with Gasteiger partial charge in [0, 0.05) is 11.5 Å². The van der Waals surface area contributed by atoms with Crippen molar-refractivity contribution < 1.29 is 9.13 Å². The third-order valence-electron chi connectivity index (χ3n) is 2.66. The quantitative estimate of drug-likeness (QED) is 0.632. The maximum atomic E-state index is 13.4. The van der Waals surface area contributed by atoms with Crippen molar-refractivity contribution in [3.8, 4) is 5.75 Å². The van der Waals surface area contributed by atoms with Gasteiger partial charge in [-0.3, -0.25) is 0 Å². The molecule has 0 unspecified atom stereocenters. The molecule has 1 aromatic carbocycles. The molecule has 3 N–H and O–H groups in total. The van der Waals surface area contributed by atoms with Crippen LogP contribution >= 0.6 is 0 Å². The van der Waals surface area contributed by atoms with Crippen LogP contribution in [-0.2, 0) is 6.42 Å². The summed E-state index contributed by atoms with van der Waals surface area (Å²) in [4.78, 5) is 4.35. The number of nitrogens with one attached hydrogen (secondary N) is 1. The zero-order valence-electron chi connectivity index (χ0n) is 9.75. The second-order valence-electron chi connectivity index (χ2n) is 3.67. The lowest BCUT2D eigenvalue weighted by Gasteiger charge is -2.10. The molecule has 17 heavy (non-hydrogen) atoms. The zero-order valence-corrected chi connectivity index (χ0v) is 9.75. The van der Waals surface area contributed by atoms with Crippen LogP contribution in [0.2, 0.25) is 0 Å². The third kappa shape index (κ3) is 2.01. The Kier molecular flexibility index (Phi) is 3.10. The van der Waals surface area contributed by atoms with E-state index in [4.69, 9.17) is 10.6 Å². The first-order chi connectivity index (χ1) is 8.19. The second kappa shape index (κ2) is 4.55. The van der Waals surface area contributed by atoms with Crippen molar-refractivity contribution in [1.29, 1.82) is 0 Å². The normalized spacial score (nSPS) is 10.6. The first-order valence-electron chi connectivity index (χ1n) is 5.33. The molecule has 0 aliphatic rings. The molecule has 0 radical (unpaired) electrons. The zero-order chi connectivity index (χ0) is 12.4. The summed E-state index contributed by atoms with van der Waals surface area (Å²) in [7, 11) is 1.49. The summed E-state index contributed by atoms with van der Waals surface area (Å²) in [5, 5.41) is 0.706. The van der Waals surface area contributed by atoms with E-state index in [0.717, 1.165) is 12.0 Å². The predicted octanol–water partition coefficient (Wildman–Crippen LogP) is 2.23. The Bertz CT molecular complexity index is 557. The van der Waals surface area contributed by atoms with Crippen LogP contribution in [0.1, 0.15) is 12.5 Å². The van der Waals surface area contributed by atoms with E-state index >= 15 is 0 Å². The van der Waals surface area contributed by atoms with Crippen LogP contribution in [0.15, 0.2) is 18.2 Å². The van der Waals surface area contributed by atoms with Crippen LogP contribution in [-0.4, -0.2) is 12.1 Å². The smallest absolute Gasteiger partial charge is 0.148 e. The molecule has 0 atom stereocenters. The van der Waals surface area contributed by atoms with Crippen LogP contribution < -0.4 is 16.0 Å². The van der Waals surface area contributed by atoms with Gasteiger partial charge in [-0.1, -0.05) is 6.92 Å². The van der Waals surface area contributed by atoms with E-state index in [1.54, 1.807) is 0 Å². The Morgan fingerprint density at radius 2 is 2.18 bits per heavy atom. The Morgan fingerprint density at radius 3 is 2.76 bits per heavy atom. The van der Waals surface area contributed by atoms with Gasteiger partial charge in [0.1, 0.15) is 22.9 Å². The van der Waals surface area contributed by atoms with Crippen molar-refractivity contribution in [3.05, 3.63) is 29.6 Å². The van der Waals surface area contributed by atoms with E-state index in [9.17, 15) is 4.39 Å². The molecule has 0 spiro atoms. The summed E-state index contributed by atoms with van der Waals surface area (Å²) < 4.78 is 18.5. The molecule has 0 saturated heterocycles. The van der Waals surface area contributed by atoms with Crippen molar-refractivity contribution in [2.75, 3.05) is 12.5 Å². The summed E-state index contributed by atoms with van der Waals surface area (Å²) in [6.45, 7) is 1.99. The van der Waals surface area contributed by atoms with E-state index in [2.05, 4.69) is 10.4 Å². The molecule has 2 aromatic rings. The Balaban J connectivity index is 2.77. The van der Waals surface area contributed by atoms with Gasteiger partial charge in [-0.05, 0) is 24.1 Å². The number of hydrogen-bond acceptors (Lipinski definition) is 4. The highest BCUT2D eigenvalue weighted by atomic mass is 19.1. The average Bonchev–Trinajstić information content (AvgIpc) is 2.35. The Hall–Kier alpha value is -1.88. The summed E-state index contributed by atoms with van der Waals surface area (Å²) in [5.41, 5.74) is 4.08. The molecule has 4 nitrogen and oxygen atoms in total. The largest absolute Gasteiger partial charge is 0.494 e. The minimum atomic E-state index is -0.341. The van der Waals surface area contributed by atoms with Crippen molar-refractivity contribution in [2.45, 2.75) is 13.3 Å². The number of nitrogens with zero attached hydrogens (tertiary/aromatic N) is 1. The Morgan fingerprint density at radius 1 is 1.41 bits per heavy atom. The van der Waals surface area contributed by atoms with Gasteiger partial charge < -0.3 is 10.2 Å². The van der Waals surface area contributed by atoms with E-state index in [0.29, 0.717) is 22.5 Å². The summed E-state index contributed by atoms with van der Waals surface area (Å²) in [6.07, 6.45) is 0.765. The molecule has 2 rings (SSSR count). The Labute approximate surface area is 98.6 Å². The van der Waals surface area contributed by atoms with E-state index in [1.165, 1.54) is 19.2 Å². The fraction of sp³-hybridized carbons (Fsp3) is 0.250. The number of benzene rings is 1. The van der Waals surface area contributed by atoms with Gasteiger partial charge in [-0.2, -0.15) is 0 Å². The van der Waals surface area contributed by atoms with E-state index < -0.39 is 0 Å². The van der Waals surface area contributed by atoms with Gasteiger partial charge in [-0.15, -0.1) is 0 Å². The molecule has 5 heteroatoms. The molecular formula is C12H14FN3O. The van der Waals surface area contributed by atoms with Crippen molar-refractivity contribution >= 4 is 16.7 Å². The number of pyridine rings is 1. The topological polar surface area (TPSA) is 60.2 Å². The van der Waals surface area contributed by atoms with Crippen LogP contribution in [0.4, 0.5) is 10.2 Å². The summed E-state index contributed by atoms with van der Waals surface area (Å²) >= 11 is 0. The van der Waals surface area contributed by atoms with Crippen molar-refractivity contribution in [2.24, 2.45) is 5.84 Å². The number of methoxy groups -OCH3 is 1. The third-order valence-corrected chi connectivity index (χ3v) is 2.66. The van der Waals surface area contributed by atoms with Crippen LogP contribution in [0.3, 0.4) is 0 Å². The maximum Gasteiger partial charge on any atom is 0.148 e. The molecule has 0 bridgehead atoms. The molecule has 1 heterocycles. The number of ether oxygens (including phenoxy) is 1. The number of aryl methyl sites for hydroxylation is 1. The lowest BCUT2D eigenvalue weighted by molar-refractivity contribution is 0.415. The number of anilines is 1. The molecule has 0 fully saturated rings. The fourth-order valence-electron chi connectivity index (χ4n) is 1.81. The first kappa shape index (κ1) is 11.6. The minimum Gasteiger partial charge on any atom is -0.494 e. The average molecular weight is 235 g/mol. The number of hydrogen-bond donors (Lipinski definition) is 2. The monoisotopic (exact) mass is 235 g/mol. The molecular weight excluding hydrogens is 221 g/mol. The molecule has 90 valence electrons. The lowest BCUT2D eigenvalue weighted by Crippen LogP contribution is -2.11. The van der Waals surface area contributed by atoms with Crippen molar-refractivity contribution in [1.82, 2.24) is 4.98 Å². The molecule has 0 aliphatic carbocycles. The maximum absolute atomic E-state index is 13.4. The molecule has 0 aliphatic heterocycles. The molecule has 1 aromatic heterocycles. The highest BCUT2D eigenvalue weighted by molar-refractivity contribution is 5.87. The van der Waals surface area contributed by atoms with Crippen LogP contribution in [0.25, 0.3) is 10.9 Å². The van der Waals surface area contributed by atoms with E-state index in [1.807, 2.05) is 13.0 Å². The second-order valence-corrected chi connectivity index (χ2v) is 3.67. The fourth-order valence-corrected chi connectivity index (χ4v) is 1.81. The molecule has 0 amide bonds. The summed E-state index contributed by atoms with van der Waals surface area (Å²) in [5.74, 6) is 6.06. The van der Waals surface area contributed by atoms with E-state index in [-0.39, 0.29) is 5.82 Å². The number of aromatic nitrogens is 1. The van der Waals surface area contributed by atoms with Crippen molar-refractivity contribution in [3.63, 3.8) is 0 Å². The highest BCUT2D eigenvalue weighted by Gasteiger charge is 2.10. The SMILES string of the molecule is CCc1cc2cc(F)cc(OC)c2nc1NN. The number of nitrogens with two attached hydrogens (primary N) is 1. The number of nitrogen functional groups attached to an aromatic ring is 1. The number of rotatable bonds is 3. The van der Waals surface area contributed by atoms with Crippen LogP contribution in [0.5, 0.6) is 5.75 Å². The van der Waals surface area contributed by atoms with Gasteiger partial charge >= 0.3 is 0 Å². The molecule has 0 saturated carbocycles. The van der Waals surface area contributed by atoms with Gasteiger partial charge in [-0.25, -0.2) is 15.2 Å². The highest BCUT2D eigenvalue weighted by Crippen LogP contribution is 2.28. The van der Waals surface area contributed by atoms with Gasteiger partial charge in [0.05, 0.1) is 7.11 Å². The van der Waals surface area contributed by atoms with Gasteiger partial charge in [0.25, 0.3) is 0 Å². The lowest BCUT2D eigenvalue weighted by atomic mass is 10.1. The first-order valence-corrected chi connectivity index (χ1v) is 5.33. The minimum absolute atomic E-state index is 0.341. The van der Waals surface area contributed by atoms with Gasteiger partial charge in [0.2, 0.25) is 0 Å². The predicted molar refractivity (Wildman–Crippen MR) is 65.4 cm³/mol. The standard InChI is InChI=1S/C12H14FN3O/c1-3-7-4-8-5-9(13)6-10(17-2)11(8)15-12(7)16-14/h4-6H,3,14H2,1-2H3,(H,15,16). The number of hydrazine groups is 1. The van der Waals surface area contributed by atoms with Crippen LogP contribution in [0, 0.1) is 5.82 Å². The van der Waals surface area contributed by atoms with Gasteiger partial charge in [0.15, 0.2) is 0 Å².